The Morgan fingerprint density at radius 3 is 2.59 bits per heavy atom. The zero-order valence-corrected chi connectivity index (χ0v) is 10.3. The smallest absolute Gasteiger partial charge is 0.154 e. The fraction of sp³-hybridized carbons (Fsp3) is 0.500. The van der Waals surface area contributed by atoms with Crippen molar-refractivity contribution in [1.29, 1.82) is 0 Å². The van der Waals surface area contributed by atoms with E-state index in [1.165, 1.54) is 12.1 Å². The van der Waals surface area contributed by atoms with E-state index in [1.54, 1.807) is 12.1 Å². The van der Waals surface area contributed by atoms with Crippen LogP contribution in [0.5, 0.6) is 0 Å². The highest BCUT2D eigenvalue weighted by molar-refractivity contribution is 7.92. The molecule has 1 atom stereocenters. The third kappa shape index (κ3) is 3.26. The second kappa shape index (κ2) is 5.14. The molecule has 0 radical (unpaired) electrons. The number of hydrogen-bond donors (Lipinski definition) is 1. The molecule has 0 aliphatic carbocycles. The average Bonchev–Trinajstić information content (AvgIpc) is 2.61. The van der Waals surface area contributed by atoms with Crippen molar-refractivity contribution >= 4 is 9.84 Å². The lowest BCUT2D eigenvalue weighted by atomic mass is 10.2. The third-order valence-electron chi connectivity index (χ3n) is 3.08. The molecule has 94 valence electrons. The fourth-order valence-corrected chi connectivity index (χ4v) is 3.87. The molecular formula is C12H16FNO2S. The van der Waals surface area contributed by atoms with Crippen LogP contribution >= 0.6 is 0 Å². The van der Waals surface area contributed by atoms with Crippen molar-refractivity contribution < 1.29 is 12.8 Å². The van der Waals surface area contributed by atoms with Gasteiger partial charge in [0.15, 0.2) is 9.84 Å². The molecule has 1 unspecified atom stereocenters. The Labute approximate surface area is 101 Å². The predicted molar refractivity (Wildman–Crippen MR) is 64.9 cm³/mol. The van der Waals surface area contributed by atoms with Gasteiger partial charge in [0, 0.05) is 13.1 Å². The second-order valence-electron chi connectivity index (χ2n) is 4.39. The van der Waals surface area contributed by atoms with Crippen molar-refractivity contribution in [3.63, 3.8) is 0 Å². The van der Waals surface area contributed by atoms with Gasteiger partial charge in [-0.2, -0.15) is 0 Å². The molecule has 1 aromatic carbocycles. The van der Waals surface area contributed by atoms with Crippen molar-refractivity contribution in [3.8, 4) is 0 Å². The van der Waals surface area contributed by atoms with Crippen LogP contribution in [0.4, 0.5) is 4.39 Å². The van der Waals surface area contributed by atoms with Crippen LogP contribution in [0.1, 0.15) is 18.4 Å². The Morgan fingerprint density at radius 1 is 1.29 bits per heavy atom. The van der Waals surface area contributed by atoms with Crippen LogP contribution in [0.2, 0.25) is 0 Å². The molecule has 1 N–H and O–H groups in total. The number of benzene rings is 1. The molecule has 1 aromatic rings. The summed E-state index contributed by atoms with van der Waals surface area (Å²) in [6.07, 6.45) is 1.52. The summed E-state index contributed by atoms with van der Waals surface area (Å²) in [5, 5.41) is 2.87. The Hall–Kier alpha value is -0.940. The van der Waals surface area contributed by atoms with Crippen molar-refractivity contribution in [2.75, 3.05) is 12.3 Å². The van der Waals surface area contributed by atoms with Gasteiger partial charge >= 0.3 is 0 Å². The number of rotatable bonds is 4. The minimum absolute atomic E-state index is 0.247. The summed E-state index contributed by atoms with van der Waals surface area (Å²) in [7, 11) is -2.87. The van der Waals surface area contributed by atoms with Crippen LogP contribution in [0, 0.1) is 5.82 Å². The lowest BCUT2D eigenvalue weighted by Crippen LogP contribution is -2.30. The quantitative estimate of drug-likeness (QED) is 0.889. The summed E-state index contributed by atoms with van der Waals surface area (Å²) >= 11 is 0. The third-order valence-corrected chi connectivity index (χ3v) is 5.35. The average molecular weight is 257 g/mol. The van der Waals surface area contributed by atoms with Crippen LogP contribution in [0.25, 0.3) is 0 Å². The maximum absolute atomic E-state index is 12.7. The Balaban J connectivity index is 1.82. The maximum Gasteiger partial charge on any atom is 0.154 e. The number of sulfone groups is 1. The van der Waals surface area contributed by atoms with Crippen LogP contribution in [-0.2, 0) is 16.4 Å². The summed E-state index contributed by atoms with van der Waals surface area (Å²) in [4.78, 5) is 0. The maximum atomic E-state index is 12.7. The molecule has 1 aliphatic heterocycles. The SMILES string of the molecule is O=S1(=O)CCCC1CNCc1ccc(F)cc1. The molecule has 2 rings (SSSR count). The number of hydrogen-bond acceptors (Lipinski definition) is 3. The van der Waals surface area contributed by atoms with Crippen molar-refractivity contribution in [3.05, 3.63) is 35.6 Å². The molecule has 0 amide bonds. The number of halogens is 1. The molecule has 17 heavy (non-hydrogen) atoms. The monoisotopic (exact) mass is 257 g/mol. The lowest BCUT2D eigenvalue weighted by Gasteiger charge is -2.10. The molecule has 3 nitrogen and oxygen atoms in total. The highest BCUT2D eigenvalue weighted by Gasteiger charge is 2.30. The lowest BCUT2D eigenvalue weighted by molar-refractivity contribution is 0.573. The minimum atomic E-state index is -2.87. The summed E-state index contributed by atoms with van der Waals surface area (Å²) in [5.74, 6) is 0.0581. The van der Waals surface area contributed by atoms with Gasteiger partial charge < -0.3 is 5.32 Å². The van der Waals surface area contributed by atoms with Gasteiger partial charge in [0.25, 0.3) is 0 Å². The summed E-state index contributed by atoms with van der Waals surface area (Å²) in [6, 6.07) is 6.21. The van der Waals surface area contributed by atoms with E-state index in [0.717, 1.165) is 18.4 Å². The topological polar surface area (TPSA) is 46.2 Å². The van der Waals surface area contributed by atoms with E-state index in [2.05, 4.69) is 5.32 Å². The van der Waals surface area contributed by atoms with Crippen molar-refractivity contribution in [2.24, 2.45) is 0 Å². The highest BCUT2D eigenvalue weighted by Crippen LogP contribution is 2.19. The molecule has 0 spiro atoms. The van der Waals surface area contributed by atoms with Crippen LogP contribution in [0.15, 0.2) is 24.3 Å². The van der Waals surface area contributed by atoms with Crippen LogP contribution in [-0.4, -0.2) is 26.0 Å². The van der Waals surface area contributed by atoms with Gasteiger partial charge in [-0.05, 0) is 30.5 Å². The Kier molecular flexibility index (Phi) is 3.79. The minimum Gasteiger partial charge on any atom is -0.311 e. The highest BCUT2D eigenvalue weighted by atomic mass is 32.2. The first-order valence-corrected chi connectivity index (χ1v) is 7.46. The van der Waals surface area contributed by atoms with E-state index >= 15 is 0 Å². The molecule has 0 saturated carbocycles. The Bertz CT molecular complexity index is 470. The van der Waals surface area contributed by atoms with Gasteiger partial charge in [-0.25, -0.2) is 12.8 Å². The van der Waals surface area contributed by atoms with Gasteiger partial charge in [-0.1, -0.05) is 12.1 Å². The van der Waals surface area contributed by atoms with Crippen molar-refractivity contribution in [2.45, 2.75) is 24.6 Å². The molecule has 1 heterocycles. The molecule has 1 saturated heterocycles. The first kappa shape index (κ1) is 12.5. The molecule has 1 aliphatic rings. The zero-order valence-electron chi connectivity index (χ0n) is 9.52. The second-order valence-corrected chi connectivity index (χ2v) is 6.79. The van der Waals surface area contributed by atoms with E-state index in [1.807, 2.05) is 0 Å². The van der Waals surface area contributed by atoms with E-state index in [0.29, 0.717) is 18.8 Å². The number of nitrogens with one attached hydrogen (secondary N) is 1. The molecule has 5 heteroatoms. The summed E-state index contributed by atoms with van der Waals surface area (Å²) in [5.41, 5.74) is 0.960. The normalized spacial score (nSPS) is 22.8. The van der Waals surface area contributed by atoms with Gasteiger partial charge in [-0.15, -0.1) is 0 Å². The van der Waals surface area contributed by atoms with Gasteiger partial charge in [0.1, 0.15) is 5.82 Å². The summed E-state index contributed by atoms with van der Waals surface area (Å²) in [6.45, 7) is 1.06. The molecule has 1 fully saturated rings. The van der Waals surface area contributed by atoms with Crippen LogP contribution < -0.4 is 5.32 Å². The first-order chi connectivity index (χ1) is 8.08. The fourth-order valence-electron chi connectivity index (χ4n) is 2.07. The summed E-state index contributed by atoms with van der Waals surface area (Å²) < 4.78 is 35.8. The molecular weight excluding hydrogens is 241 g/mol. The molecule has 0 bridgehead atoms. The standard InChI is InChI=1S/C12H16FNO2S/c13-11-5-3-10(4-6-11)8-14-9-12-2-1-7-17(12,15)16/h3-6,12,14H,1-2,7-9H2. The van der Waals surface area contributed by atoms with E-state index in [9.17, 15) is 12.8 Å². The largest absolute Gasteiger partial charge is 0.311 e. The van der Waals surface area contributed by atoms with Gasteiger partial charge in [-0.3, -0.25) is 0 Å². The van der Waals surface area contributed by atoms with Crippen LogP contribution in [0.3, 0.4) is 0 Å². The first-order valence-electron chi connectivity index (χ1n) is 5.75. The van der Waals surface area contributed by atoms with Gasteiger partial charge in [0.05, 0.1) is 11.0 Å². The van der Waals surface area contributed by atoms with Crippen molar-refractivity contribution in [1.82, 2.24) is 5.32 Å². The Morgan fingerprint density at radius 2 is 2.00 bits per heavy atom. The van der Waals surface area contributed by atoms with Gasteiger partial charge in [0.2, 0.25) is 0 Å². The zero-order chi connectivity index (χ0) is 12.3. The van der Waals surface area contributed by atoms with E-state index < -0.39 is 9.84 Å². The van der Waals surface area contributed by atoms with E-state index in [-0.39, 0.29) is 11.1 Å². The van der Waals surface area contributed by atoms with E-state index in [4.69, 9.17) is 0 Å². The molecule has 0 aromatic heterocycles. The predicted octanol–water partition coefficient (Wildman–Crippen LogP) is 1.49.